The SMILES string of the molecule is COc1ccccc1-c1ccccc1N=Cc1cccc(C(C)C)c1O. The van der Waals surface area contributed by atoms with Gasteiger partial charge in [-0.2, -0.15) is 0 Å². The first-order valence-corrected chi connectivity index (χ1v) is 8.70. The first-order valence-electron chi connectivity index (χ1n) is 8.70. The number of para-hydroxylation sites is 3. The Balaban J connectivity index is 2.03. The van der Waals surface area contributed by atoms with Gasteiger partial charge in [0.05, 0.1) is 12.8 Å². The van der Waals surface area contributed by atoms with E-state index >= 15 is 0 Å². The van der Waals surface area contributed by atoms with Crippen LogP contribution in [0.4, 0.5) is 5.69 Å². The van der Waals surface area contributed by atoms with E-state index in [0.717, 1.165) is 28.1 Å². The quantitative estimate of drug-likeness (QED) is 0.581. The van der Waals surface area contributed by atoms with Crippen LogP contribution in [0, 0.1) is 0 Å². The molecule has 0 unspecified atom stereocenters. The molecule has 26 heavy (non-hydrogen) atoms. The van der Waals surface area contributed by atoms with E-state index in [-0.39, 0.29) is 5.92 Å². The van der Waals surface area contributed by atoms with Gasteiger partial charge in [-0.25, -0.2) is 0 Å². The largest absolute Gasteiger partial charge is 0.507 e. The van der Waals surface area contributed by atoms with E-state index in [0.29, 0.717) is 11.3 Å². The smallest absolute Gasteiger partial charge is 0.127 e. The monoisotopic (exact) mass is 345 g/mol. The maximum absolute atomic E-state index is 10.5. The Kier molecular flexibility index (Phi) is 5.37. The van der Waals surface area contributed by atoms with Crippen molar-refractivity contribution < 1.29 is 9.84 Å². The van der Waals surface area contributed by atoms with Gasteiger partial charge < -0.3 is 9.84 Å². The lowest BCUT2D eigenvalue weighted by atomic mass is 9.99. The van der Waals surface area contributed by atoms with Crippen LogP contribution in [-0.2, 0) is 0 Å². The molecule has 3 aromatic carbocycles. The molecule has 3 heteroatoms. The summed E-state index contributed by atoms with van der Waals surface area (Å²) in [5.41, 5.74) is 4.44. The van der Waals surface area contributed by atoms with E-state index in [9.17, 15) is 5.11 Å². The normalized spacial score (nSPS) is 11.2. The maximum Gasteiger partial charge on any atom is 0.127 e. The highest BCUT2D eigenvalue weighted by Crippen LogP contribution is 2.36. The fourth-order valence-electron chi connectivity index (χ4n) is 2.97. The number of benzene rings is 3. The van der Waals surface area contributed by atoms with Crippen LogP contribution in [0.15, 0.2) is 71.7 Å². The number of hydrogen-bond acceptors (Lipinski definition) is 3. The summed E-state index contributed by atoms with van der Waals surface area (Å²) in [4.78, 5) is 4.65. The minimum Gasteiger partial charge on any atom is -0.507 e. The van der Waals surface area contributed by atoms with Gasteiger partial charge in [0.15, 0.2) is 0 Å². The van der Waals surface area contributed by atoms with Crippen LogP contribution >= 0.6 is 0 Å². The molecule has 0 radical (unpaired) electrons. The summed E-state index contributed by atoms with van der Waals surface area (Å²) in [5, 5.41) is 10.5. The molecule has 132 valence electrons. The lowest BCUT2D eigenvalue weighted by Crippen LogP contribution is -1.92. The molecule has 0 atom stereocenters. The topological polar surface area (TPSA) is 41.8 Å². The van der Waals surface area contributed by atoms with Crippen LogP contribution in [-0.4, -0.2) is 18.4 Å². The summed E-state index contributed by atoms with van der Waals surface area (Å²) >= 11 is 0. The van der Waals surface area contributed by atoms with Gasteiger partial charge in [0.25, 0.3) is 0 Å². The van der Waals surface area contributed by atoms with E-state index in [1.807, 2.05) is 66.7 Å². The molecule has 0 amide bonds. The van der Waals surface area contributed by atoms with Crippen molar-refractivity contribution >= 4 is 11.9 Å². The fourth-order valence-corrected chi connectivity index (χ4v) is 2.97. The second kappa shape index (κ2) is 7.87. The van der Waals surface area contributed by atoms with Gasteiger partial charge in [-0.05, 0) is 29.7 Å². The first kappa shape index (κ1) is 17.7. The second-order valence-electron chi connectivity index (χ2n) is 6.42. The van der Waals surface area contributed by atoms with Crippen molar-refractivity contribution in [2.75, 3.05) is 7.11 Å². The molecule has 0 aliphatic rings. The van der Waals surface area contributed by atoms with Crippen molar-refractivity contribution in [3.63, 3.8) is 0 Å². The molecule has 0 saturated carbocycles. The van der Waals surface area contributed by atoms with Gasteiger partial charge in [-0.15, -0.1) is 0 Å². The van der Waals surface area contributed by atoms with Gasteiger partial charge >= 0.3 is 0 Å². The molecule has 0 aliphatic carbocycles. The molecule has 0 saturated heterocycles. The molecule has 0 fully saturated rings. The fraction of sp³-hybridized carbons (Fsp3) is 0.174. The molecule has 3 rings (SSSR count). The summed E-state index contributed by atoms with van der Waals surface area (Å²) in [7, 11) is 1.67. The summed E-state index contributed by atoms with van der Waals surface area (Å²) in [5.74, 6) is 1.35. The minimum atomic E-state index is 0.254. The number of methoxy groups -OCH3 is 1. The predicted octanol–water partition coefficient (Wildman–Crippen LogP) is 5.94. The van der Waals surface area contributed by atoms with Crippen molar-refractivity contribution in [1.82, 2.24) is 0 Å². The number of ether oxygens (including phenoxy) is 1. The molecule has 0 spiro atoms. The average Bonchev–Trinajstić information content (AvgIpc) is 2.67. The summed E-state index contributed by atoms with van der Waals surface area (Å²) in [6.07, 6.45) is 1.72. The standard InChI is InChI=1S/C23H23NO2/c1-16(2)18-12-8-9-17(23(18)25)15-24-21-13-6-4-10-19(21)20-11-5-7-14-22(20)26-3/h4-16,25H,1-3H3. The summed E-state index contributed by atoms with van der Waals surface area (Å²) in [6.45, 7) is 4.12. The molecule has 1 N–H and O–H groups in total. The number of nitrogens with zero attached hydrogens (tertiary/aromatic N) is 1. The van der Waals surface area contributed by atoms with Gasteiger partial charge in [0.1, 0.15) is 11.5 Å². The van der Waals surface area contributed by atoms with Crippen molar-refractivity contribution in [3.8, 4) is 22.6 Å². The Morgan fingerprint density at radius 3 is 2.31 bits per heavy atom. The van der Waals surface area contributed by atoms with Crippen molar-refractivity contribution in [2.45, 2.75) is 19.8 Å². The van der Waals surface area contributed by atoms with Gasteiger partial charge in [-0.1, -0.05) is 62.4 Å². The van der Waals surface area contributed by atoms with E-state index in [1.165, 1.54) is 0 Å². The highest BCUT2D eigenvalue weighted by atomic mass is 16.5. The van der Waals surface area contributed by atoms with Gasteiger partial charge in [0, 0.05) is 22.9 Å². The average molecular weight is 345 g/mol. The Morgan fingerprint density at radius 2 is 1.58 bits per heavy atom. The Bertz CT molecular complexity index is 929. The molecule has 0 bridgehead atoms. The van der Waals surface area contributed by atoms with Crippen LogP contribution in [0.3, 0.4) is 0 Å². The third-order valence-electron chi connectivity index (χ3n) is 4.36. The third-order valence-corrected chi connectivity index (χ3v) is 4.36. The Hall–Kier alpha value is -3.07. The van der Waals surface area contributed by atoms with E-state index in [2.05, 4.69) is 18.8 Å². The highest BCUT2D eigenvalue weighted by Gasteiger charge is 2.10. The first-order chi connectivity index (χ1) is 12.6. The molecular weight excluding hydrogens is 322 g/mol. The van der Waals surface area contributed by atoms with E-state index in [1.54, 1.807) is 13.3 Å². The van der Waals surface area contributed by atoms with E-state index < -0.39 is 0 Å². The zero-order valence-electron chi connectivity index (χ0n) is 15.3. The number of aromatic hydroxyl groups is 1. The summed E-state index contributed by atoms with van der Waals surface area (Å²) < 4.78 is 5.49. The minimum absolute atomic E-state index is 0.254. The van der Waals surface area contributed by atoms with Crippen molar-refractivity contribution in [2.24, 2.45) is 4.99 Å². The summed E-state index contributed by atoms with van der Waals surface area (Å²) in [6, 6.07) is 21.6. The Morgan fingerprint density at radius 1 is 0.885 bits per heavy atom. The molecular formula is C23H23NO2. The number of rotatable bonds is 5. The van der Waals surface area contributed by atoms with Crippen LogP contribution < -0.4 is 4.74 Å². The Labute approximate surface area is 154 Å². The zero-order valence-corrected chi connectivity index (χ0v) is 15.3. The van der Waals surface area contributed by atoms with Crippen molar-refractivity contribution in [3.05, 3.63) is 77.9 Å². The second-order valence-corrected chi connectivity index (χ2v) is 6.42. The molecule has 0 aromatic heterocycles. The maximum atomic E-state index is 10.5. The number of phenols is 1. The van der Waals surface area contributed by atoms with Crippen LogP contribution in [0.5, 0.6) is 11.5 Å². The molecule has 0 heterocycles. The number of aliphatic imine (C=N–C) groups is 1. The van der Waals surface area contributed by atoms with E-state index in [4.69, 9.17) is 4.74 Å². The van der Waals surface area contributed by atoms with Crippen LogP contribution in [0.25, 0.3) is 11.1 Å². The third kappa shape index (κ3) is 3.62. The lowest BCUT2D eigenvalue weighted by Gasteiger charge is -2.11. The lowest BCUT2D eigenvalue weighted by molar-refractivity contribution is 0.416. The van der Waals surface area contributed by atoms with Gasteiger partial charge in [-0.3, -0.25) is 4.99 Å². The molecule has 3 nitrogen and oxygen atoms in total. The molecule has 0 aliphatic heterocycles. The number of hydrogen-bond donors (Lipinski definition) is 1. The predicted molar refractivity (Wildman–Crippen MR) is 108 cm³/mol. The number of phenolic OH excluding ortho intramolecular Hbond substituents is 1. The van der Waals surface area contributed by atoms with Crippen LogP contribution in [0.2, 0.25) is 0 Å². The van der Waals surface area contributed by atoms with Crippen LogP contribution in [0.1, 0.15) is 30.9 Å². The highest BCUT2D eigenvalue weighted by molar-refractivity contribution is 5.89. The molecule has 3 aromatic rings. The zero-order chi connectivity index (χ0) is 18.5. The van der Waals surface area contributed by atoms with Gasteiger partial charge in [0.2, 0.25) is 0 Å². The van der Waals surface area contributed by atoms with Crippen molar-refractivity contribution in [1.29, 1.82) is 0 Å².